The molecule has 0 radical (unpaired) electrons. The van der Waals surface area contributed by atoms with Crippen LogP contribution in [0.3, 0.4) is 0 Å². The highest BCUT2D eigenvalue weighted by molar-refractivity contribution is 5.79. The van der Waals surface area contributed by atoms with E-state index in [4.69, 9.17) is 0 Å². The number of piperidine rings is 2. The molecule has 1 amide bonds. The molecule has 4 rings (SSSR count). The third-order valence-electron chi connectivity index (χ3n) is 6.32. The van der Waals surface area contributed by atoms with E-state index >= 15 is 0 Å². The van der Waals surface area contributed by atoms with Gasteiger partial charge in [-0.1, -0.05) is 30.3 Å². The molecule has 2 fully saturated rings. The van der Waals surface area contributed by atoms with Crippen molar-refractivity contribution in [2.24, 2.45) is 5.92 Å². The number of anilines is 1. The summed E-state index contributed by atoms with van der Waals surface area (Å²) in [6, 6.07) is 12.9. The first-order valence-electron chi connectivity index (χ1n) is 10.5. The monoisotopic (exact) mass is 417 g/mol. The van der Waals surface area contributed by atoms with E-state index in [0.29, 0.717) is 37.7 Å². The molecule has 2 aliphatic heterocycles. The number of rotatable bonds is 3. The molecule has 0 aliphatic carbocycles. The maximum atomic E-state index is 13.0. The first kappa shape index (κ1) is 20.7. The Morgan fingerprint density at radius 2 is 1.57 bits per heavy atom. The molecule has 4 nitrogen and oxygen atoms in total. The van der Waals surface area contributed by atoms with Crippen LogP contribution >= 0.6 is 0 Å². The van der Waals surface area contributed by atoms with Crippen molar-refractivity contribution in [3.05, 3.63) is 59.8 Å². The van der Waals surface area contributed by atoms with Gasteiger partial charge in [0.25, 0.3) is 0 Å². The van der Waals surface area contributed by atoms with Gasteiger partial charge in [0, 0.05) is 38.3 Å². The maximum Gasteiger partial charge on any atom is 0.417 e. The van der Waals surface area contributed by atoms with Crippen LogP contribution in [0.1, 0.15) is 42.7 Å². The van der Waals surface area contributed by atoms with Crippen molar-refractivity contribution in [1.82, 2.24) is 9.88 Å². The number of amides is 1. The Kier molecular flexibility index (Phi) is 5.97. The number of hydrogen-bond donors (Lipinski definition) is 0. The number of hydrogen-bond acceptors (Lipinski definition) is 3. The number of nitrogens with zero attached hydrogens (tertiary/aromatic N) is 3. The highest BCUT2D eigenvalue weighted by atomic mass is 19.4. The predicted molar refractivity (Wildman–Crippen MR) is 109 cm³/mol. The molecule has 2 saturated heterocycles. The van der Waals surface area contributed by atoms with E-state index in [2.05, 4.69) is 29.2 Å². The topological polar surface area (TPSA) is 36.4 Å². The minimum Gasteiger partial charge on any atom is -0.357 e. The van der Waals surface area contributed by atoms with Crippen molar-refractivity contribution < 1.29 is 18.0 Å². The maximum absolute atomic E-state index is 13.0. The fourth-order valence-corrected chi connectivity index (χ4v) is 4.51. The lowest BCUT2D eigenvalue weighted by atomic mass is 9.88. The Bertz CT molecular complexity index is 838. The van der Waals surface area contributed by atoms with Crippen molar-refractivity contribution in [3.8, 4) is 0 Å². The Morgan fingerprint density at radius 1 is 0.900 bits per heavy atom. The molecule has 0 N–H and O–H groups in total. The summed E-state index contributed by atoms with van der Waals surface area (Å²) in [6.07, 6.45) is -0.100. The molecule has 160 valence electrons. The van der Waals surface area contributed by atoms with Crippen LogP contribution in [0, 0.1) is 5.92 Å². The van der Waals surface area contributed by atoms with E-state index in [9.17, 15) is 18.0 Å². The number of carbonyl (C=O) groups is 1. The van der Waals surface area contributed by atoms with Gasteiger partial charge in [0.2, 0.25) is 5.91 Å². The van der Waals surface area contributed by atoms with Gasteiger partial charge in [-0.15, -0.1) is 0 Å². The zero-order valence-corrected chi connectivity index (χ0v) is 16.8. The van der Waals surface area contributed by atoms with Crippen molar-refractivity contribution in [3.63, 3.8) is 0 Å². The average molecular weight is 417 g/mol. The van der Waals surface area contributed by atoms with Gasteiger partial charge < -0.3 is 9.80 Å². The first-order chi connectivity index (χ1) is 14.4. The summed E-state index contributed by atoms with van der Waals surface area (Å²) in [7, 11) is 0. The van der Waals surface area contributed by atoms with Gasteiger partial charge >= 0.3 is 6.18 Å². The fourth-order valence-electron chi connectivity index (χ4n) is 4.51. The van der Waals surface area contributed by atoms with Gasteiger partial charge in [-0.05, 0) is 49.3 Å². The number of pyridine rings is 1. The van der Waals surface area contributed by atoms with E-state index in [-0.39, 0.29) is 11.8 Å². The Morgan fingerprint density at radius 3 is 2.13 bits per heavy atom. The standard InChI is InChI=1S/C23H26F3N3O/c24-23(25,26)20-6-7-21(27-16-20)28-12-10-19(11-13-28)22(30)29-14-8-18(9-15-29)17-4-2-1-3-5-17/h1-7,16,18-19H,8-15H2. The van der Waals surface area contributed by atoms with E-state index < -0.39 is 11.7 Å². The van der Waals surface area contributed by atoms with Crippen LogP contribution in [0.4, 0.5) is 19.0 Å². The summed E-state index contributed by atoms with van der Waals surface area (Å²) in [6.45, 7) is 2.85. The molecule has 1 aromatic heterocycles. The summed E-state index contributed by atoms with van der Waals surface area (Å²) >= 11 is 0. The number of halogens is 3. The molecule has 0 atom stereocenters. The van der Waals surface area contributed by atoms with Crippen LogP contribution in [-0.2, 0) is 11.0 Å². The van der Waals surface area contributed by atoms with E-state index in [1.807, 2.05) is 15.9 Å². The molecular weight excluding hydrogens is 391 g/mol. The lowest BCUT2D eigenvalue weighted by molar-refractivity contribution is -0.138. The minimum atomic E-state index is -4.38. The van der Waals surface area contributed by atoms with Crippen LogP contribution in [-0.4, -0.2) is 42.0 Å². The molecule has 3 heterocycles. The second-order valence-electron chi connectivity index (χ2n) is 8.17. The van der Waals surface area contributed by atoms with E-state index in [0.717, 1.165) is 38.2 Å². The van der Waals surface area contributed by atoms with Gasteiger partial charge in [-0.3, -0.25) is 4.79 Å². The summed E-state index contributed by atoms with van der Waals surface area (Å²) in [5, 5.41) is 0. The number of benzene rings is 1. The number of aromatic nitrogens is 1. The number of likely N-dealkylation sites (tertiary alicyclic amines) is 1. The van der Waals surface area contributed by atoms with Crippen LogP contribution < -0.4 is 4.90 Å². The van der Waals surface area contributed by atoms with Crippen molar-refractivity contribution in [2.75, 3.05) is 31.1 Å². The minimum absolute atomic E-state index is 0.0102. The van der Waals surface area contributed by atoms with E-state index in [1.165, 1.54) is 11.6 Å². The van der Waals surface area contributed by atoms with Gasteiger partial charge in [0.1, 0.15) is 5.82 Å². The van der Waals surface area contributed by atoms with Gasteiger partial charge in [-0.2, -0.15) is 13.2 Å². The first-order valence-corrected chi connectivity index (χ1v) is 10.5. The highest BCUT2D eigenvalue weighted by Gasteiger charge is 2.33. The normalized spacial score (nSPS) is 19.2. The molecule has 2 aliphatic rings. The van der Waals surface area contributed by atoms with Crippen LogP contribution in [0.5, 0.6) is 0 Å². The Hall–Kier alpha value is -2.57. The lowest BCUT2D eigenvalue weighted by Crippen LogP contribution is -2.45. The smallest absolute Gasteiger partial charge is 0.357 e. The van der Waals surface area contributed by atoms with Crippen LogP contribution in [0.2, 0.25) is 0 Å². The number of alkyl halides is 3. The molecular formula is C23H26F3N3O. The third kappa shape index (κ3) is 4.60. The highest BCUT2D eigenvalue weighted by Crippen LogP contribution is 2.32. The molecule has 0 unspecified atom stereocenters. The summed E-state index contributed by atoms with van der Waals surface area (Å²) in [5.74, 6) is 1.27. The molecule has 0 bridgehead atoms. The SMILES string of the molecule is O=C(C1CCN(c2ccc(C(F)(F)F)cn2)CC1)N1CCC(c2ccccc2)CC1. The zero-order valence-electron chi connectivity index (χ0n) is 16.8. The molecule has 30 heavy (non-hydrogen) atoms. The van der Waals surface area contributed by atoms with Crippen LogP contribution in [0.15, 0.2) is 48.7 Å². The number of carbonyl (C=O) groups excluding carboxylic acids is 1. The molecule has 0 spiro atoms. The zero-order chi connectivity index (χ0) is 21.1. The van der Waals surface area contributed by atoms with Crippen LogP contribution in [0.25, 0.3) is 0 Å². The lowest BCUT2D eigenvalue weighted by Gasteiger charge is -2.37. The van der Waals surface area contributed by atoms with Gasteiger partial charge in [-0.25, -0.2) is 4.98 Å². The summed E-state index contributed by atoms with van der Waals surface area (Å²) in [5.41, 5.74) is 0.608. The Balaban J connectivity index is 1.28. The summed E-state index contributed by atoms with van der Waals surface area (Å²) in [4.78, 5) is 20.9. The average Bonchev–Trinajstić information content (AvgIpc) is 2.79. The van der Waals surface area contributed by atoms with Crippen molar-refractivity contribution in [2.45, 2.75) is 37.8 Å². The second kappa shape index (κ2) is 8.66. The molecule has 1 aromatic carbocycles. The Labute approximate surface area is 174 Å². The quantitative estimate of drug-likeness (QED) is 0.725. The van der Waals surface area contributed by atoms with E-state index in [1.54, 1.807) is 0 Å². The molecule has 0 saturated carbocycles. The van der Waals surface area contributed by atoms with Gasteiger partial charge in [0.05, 0.1) is 5.56 Å². The van der Waals surface area contributed by atoms with Crippen molar-refractivity contribution >= 4 is 11.7 Å². The fraction of sp³-hybridized carbons (Fsp3) is 0.478. The summed E-state index contributed by atoms with van der Waals surface area (Å²) < 4.78 is 38.1. The molecule has 7 heteroatoms. The second-order valence-corrected chi connectivity index (χ2v) is 8.17. The van der Waals surface area contributed by atoms with Gasteiger partial charge in [0.15, 0.2) is 0 Å². The third-order valence-corrected chi connectivity index (χ3v) is 6.32. The largest absolute Gasteiger partial charge is 0.417 e. The van der Waals surface area contributed by atoms with Crippen molar-refractivity contribution in [1.29, 1.82) is 0 Å². The predicted octanol–water partition coefficient (Wildman–Crippen LogP) is 4.72. The molecule has 2 aromatic rings.